The van der Waals surface area contributed by atoms with Crippen molar-refractivity contribution in [3.63, 3.8) is 0 Å². The van der Waals surface area contributed by atoms with E-state index >= 15 is 0 Å². The average Bonchev–Trinajstić information content (AvgIpc) is 3.06. The summed E-state index contributed by atoms with van der Waals surface area (Å²) < 4.78 is 0. The van der Waals surface area contributed by atoms with Gasteiger partial charge in [-0.15, -0.1) is 0 Å². The van der Waals surface area contributed by atoms with Crippen LogP contribution < -0.4 is 9.80 Å². The van der Waals surface area contributed by atoms with Crippen LogP contribution in [0.15, 0.2) is 30.6 Å². The van der Waals surface area contributed by atoms with Gasteiger partial charge >= 0.3 is 0 Å². The summed E-state index contributed by atoms with van der Waals surface area (Å²) in [5.74, 6) is 1.88. The second kappa shape index (κ2) is 7.77. The summed E-state index contributed by atoms with van der Waals surface area (Å²) in [6, 6.07) is 8.32. The molecule has 0 spiro atoms. The van der Waals surface area contributed by atoms with Gasteiger partial charge in [0.15, 0.2) is 0 Å². The second-order valence-corrected chi connectivity index (χ2v) is 7.48. The van der Waals surface area contributed by atoms with Gasteiger partial charge in [0, 0.05) is 52.9 Å². The van der Waals surface area contributed by atoms with Gasteiger partial charge in [0.05, 0.1) is 10.0 Å². The molecule has 7 heteroatoms. The molecule has 5 nitrogen and oxygen atoms in total. The van der Waals surface area contributed by atoms with Gasteiger partial charge in [-0.25, -0.2) is 9.97 Å². The number of rotatable bonds is 5. The Hall–Kier alpha value is -1.56. The van der Waals surface area contributed by atoms with Gasteiger partial charge in [-0.3, -0.25) is 4.90 Å². The van der Waals surface area contributed by atoms with Crippen LogP contribution in [0.4, 0.5) is 11.6 Å². The molecular formula is C18H23Cl2N5. The van der Waals surface area contributed by atoms with Gasteiger partial charge in [-0.2, -0.15) is 0 Å². The van der Waals surface area contributed by atoms with Crippen molar-refractivity contribution in [2.75, 3.05) is 44.0 Å². The van der Waals surface area contributed by atoms with Crippen molar-refractivity contribution in [3.8, 4) is 0 Å². The predicted octanol–water partition coefficient (Wildman–Crippen LogP) is 3.56. The number of likely N-dealkylation sites (tertiary alicyclic amines) is 1. The Bertz CT molecular complexity index is 737. The van der Waals surface area contributed by atoms with Crippen molar-refractivity contribution in [1.82, 2.24) is 14.9 Å². The molecule has 0 radical (unpaired) electrons. The quantitative estimate of drug-likeness (QED) is 0.793. The number of anilines is 2. The summed E-state index contributed by atoms with van der Waals surface area (Å²) in [7, 11) is 6.08. The molecule has 0 N–H and O–H groups in total. The molecule has 25 heavy (non-hydrogen) atoms. The van der Waals surface area contributed by atoms with Gasteiger partial charge in [-0.05, 0) is 24.1 Å². The third kappa shape index (κ3) is 4.35. The number of hydrogen-bond donors (Lipinski definition) is 0. The zero-order valence-corrected chi connectivity index (χ0v) is 16.3. The minimum Gasteiger partial charge on any atom is -0.363 e. The van der Waals surface area contributed by atoms with Crippen LogP contribution in [0, 0.1) is 0 Å². The third-order valence-corrected chi connectivity index (χ3v) is 5.38. The Kier molecular flexibility index (Phi) is 5.67. The largest absolute Gasteiger partial charge is 0.363 e. The van der Waals surface area contributed by atoms with E-state index in [0.29, 0.717) is 16.1 Å². The van der Waals surface area contributed by atoms with Crippen molar-refractivity contribution >= 4 is 34.8 Å². The maximum absolute atomic E-state index is 6.12. The summed E-state index contributed by atoms with van der Waals surface area (Å²) in [6.07, 6.45) is 2.74. The summed E-state index contributed by atoms with van der Waals surface area (Å²) >= 11 is 12.1. The van der Waals surface area contributed by atoms with Crippen molar-refractivity contribution in [3.05, 3.63) is 46.2 Å². The summed E-state index contributed by atoms with van der Waals surface area (Å²) in [5.41, 5.74) is 1.19. The maximum atomic E-state index is 6.12. The van der Waals surface area contributed by atoms with E-state index in [-0.39, 0.29) is 0 Å². The van der Waals surface area contributed by atoms with Gasteiger partial charge in [0.2, 0.25) is 0 Å². The lowest BCUT2D eigenvalue weighted by Gasteiger charge is -2.26. The highest BCUT2D eigenvalue weighted by Gasteiger charge is 2.26. The molecule has 2 aromatic rings. The number of aromatic nitrogens is 2. The average molecular weight is 380 g/mol. The molecule has 1 unspecified atom stereocenters. The third-order valence-electron chi connectivity index (χ3n) is 4.64. The number of likely N-dealkylation sites (N-methyl/N-ethyl adjacent to an activating group) is 1. The van der Waals surface area contributed by atoms with E-state index in [0.717, 1.165) is 37.7 Å². The highest BCUT2D eigenvalue weighted by molar-refractivity contribution is 6.42. The van der Waals surface area contributed by atoms with Crippen LogP contribution in [0.3, 0.4) is 0 Å². The first-order chi connectivity index (χ1) is 11.9. The molecule has 1 saturated heterocycles. The summed E-state index contributed by atoms with van der Waals surface area (Å²) in [5, 5.41) is 1.22. The lowest BCUT2D eigenvalue weighted by Crippen LogP contribution is -2.35. The van der Waals surface area contributed by atoms with Crippen LogP contribution >= 0.6 is 23.2 Å². The van der Waals surface area contributed by atoms with Crippen LogP contribution in [-0.2, 0) is 6.54 Å². The molecule has 0 amide bonds. The fourth-order valence-electron chi connectivity index (χ4n) is 3.13. The van der Waals surface area contributed by atoms with Crippen LogP contribution in [0.5, 0.6) is 0 Å². The van der Waals surface area contributed by atoms with Crippen LogP contribution in [-0.4, -0.2) is 55.1 Å². The zero-order chi connectivity index (χ0) is 18.0. The second-order valence-electron chi connectivity index (χ2n) is 6.67. The Morgan fingerprint density at radius 1 is 1.08 bits per heavy atom. The fraction of sp³-hybridized carbons (Fsp3) is 0.444. The van der Waals surface area contributed by atoms with Crippen LogP contribution in [0.1, 0.15) is 12.0 Å². The Balaban J connectivity index is 1.63. The van der Waals surface area contributed by atoms with Crippen molar-refractivity contribution in [2.45, 2.75) is 19.0 Å². The maximum Gasteiger partial charge on any atom is 0.134 e. The van der Waals surface area contributed by atoms with E-state index < -0.39 is 0 Å². The first-order valence-corrected chi connectivity index (χ1v) is 9.08. The fourth-order valence-corrected chi connectivity index (χ4v) is 3.45. The molecule has 1 atom stereocenters. The van der Waals surface area contributed by atoms with E-state index in [1.807, 2.05) is 43.3 Å². The first kappa shape index (κ1) is 18.2. The molecule has 0 aliphatic carbocycles. The zero-order valence-electron chi connectivity index (χ0n) is 14.8. The molecule has 1 aromatic heterocycles. The van der Waals surface area contributed by atoms with Crippen LogP contribution in [0.2, 0.25) is 10.0 Å². The Morgan fingerprint density at radius 2 is 1.84 bits per heavy atom. The van der Waals surface area contributed by atoms with E-state index in [9.17, 15) is 0 Å². The predicted molar refractivity (Wildman–Crippen MR) is 105 cm³/mol. The molecule has 3 rings (SSSR count). The smallest absolute Gasteiger partial charge is 0.134 e. The number of halogens is 2. The SMILES string of the molecule is CN(C)c1cc(N(C)C2CCN(Cc3ccc(Cl)c(Cl)c3)C2)ncn1. The van der Waals surface area contributed by atoms with Gasteiger partial charge in [0.1, 0.15) is 18.0 Å². The molecule has 0 saturated carbocycles. The minimum atomic E-state index is 0.438. The molecule has 0 bridgehead atoms. The van der Waals surface area contributed by atoms with Crippen molar-refractivity contribution in [2.24, 2.45) is 0 Å². The molecule has 1 fully saturated rings. The van der Waals surface area contributed by atoms with Gasteiger partial charge in [-0.1, -0.05) is 29.3 Å². The van der Waals surface area contributed by atoms with E-state index in [1.165, 1.54) is 5.56 Å². The molecule has 1 aromatic carbocycles. The van der Waals surface area contributed by atoms with Crippen molar-refractivity contribution in [1.29, 1.82) is 0 Å². The lowest BCUT2D eigenvalue weighted by molar-refractivity contribution is 0.326. The van der Waals surface area contributed by atoms with E-state index in [2.05, 4.69) is 26.8 Å². The van der Waals surface area contributed by atoms with Crippen LogP contribution in [0.25, 0.3) is 0 Å². The lowest BCUT2D eigenvalue weighted by atomic mass is 10.2. The van der Waals surface area contributed by atoms with E-state index in [1.54, 1.807) is 6.33 Å². The van der Waals surface area contributed by atoms with Gasteiger partial charge < -0.3 is 9.80 Å². The van der Waals surface area contributed by atoms with Gasteiger partial charge in [0.25, 0.3) is 0 Å². The standard InChI is InChI=1S/C18H23Cl2N5/c1-23(2)17-9-18(22-12-21-17)24(3)14-6-7-25(11-14)10-13-4-5-15(19)16(20)8-13/h4-5,8-9,12,14H,6-7,10-11H2,1-3H3. The monoisotopic (exact) mass is 379 g/mol. The molecule has 2 heterocycles. The van der Waals surface area contributed by atoms with E-state index in [4.69, 9.17) is 23.2 Å². The number of benzene rings is 1. The first-order valence-electron chi connectivity index (χ1n) is 8.32. The molecular weight excluding hydrogens is 357 g/mol. The Morgan fingerprint density at radius 3 is 2.56 bits per heavy atom. The normalized spacial score (nSPS) is 17.7. The highest BCUT2D eigenvalue weighted by Crippen LogP contribution is 2.26. The number of nitrogens with zero attached hydrogens (tertiary/aromatic N) is 5. The summed E-state index contributed by atoms with van der Waals surface area (Å²) in [6.45, 7) is 2.94. The molecule has 1 aliphatic rings. The highest BCUT2D eigenvalue weighted by atomic mass is 35.5. The molecule has 1 aliphatic heterocycles. The minimum absolute atomic E-state index is 0.438. The Labute approximate surface area is 159 Å². The topological polar surface area (TPSA) is 35.5 Å². The molecule has 134 valence electrons. The summed E-state index contributed by atoms with van der Waals surface area (Å²) in [4.78, 5) is 15.4. The number of hydrogen-bond acceptors (Lipinski definition) is 5. The van der Waals surface area contributed by atoms with Crippen molar-refractivity contribution < 1.29 is 0 Å².